The second-order valence-corrected chi connectivity index (χ2v) is 11.5. The van der Waals surface area contributed by atoms with E-state index in [1.54, 1.807) is 18.9 Å². The molecule has 4 amide bonds. The maximum atomic E-state index is 13.8. The number of rotatable bonds is 12. The molecule has 4 N–H and O–H groups in total. The van der Waals surface area contributed by atoms with E-state index in [0.29, 0.717) is 31.7 Å². The number of benzene rings is 1. The van der Waals surface area contributed by atoms with Crippen molar-refractivity contribution >= 4 is 23.6 Å². The Labute approximate surface area is 233 Å². The number of nitrogens with zero attached hydrogens (tertiary/aromatic N) is 1. The van der Waals surface area contributed by atoms with Crippen LogP contribution in [0.5, 0.6) is 0 Å². The highest BCUT2D eigenvalue weighted by molar-refractivity contribution is 5.94. The van der Waals surface area contributed by atoms with Crippen molar-refractivity contribution in [3.63, 3.8) is 0 Å². The van der Waals surface area contributed by atoms with Gasteiger partial charge in [-0.1, -0.05) is 63.4 Å². The minimum absolute atomic E-state index is 0.0130. The number of nitrogens with one attached hydrogen (secondary N) is 4. The zero-order valence-electron chi connectivity index (χ0n) is 24.0. The van der Waals surface area contributed by atoms with Gasteiger partial charge in [-0.25, -0.2) is 0 Å². The lowest BCUT2D eigenvalue weighted by Gasteiger charge is -2.31. The predicted molar refractivity (Wildman–Crippen MR) is 152 cm³/mol. The summed E-state index contributed by atoms with van der Waals surface area (Å²) in [5.41, 5.74) is 1.12. The molecule has 9 heteroatoms. The largest absolute Gasteiger partial charge is 0.354 e. The van der Waals surface area contributed by atoms with Crippen molar-refractivity contribution in [3.8, 4) is 0 Å². The van der Waals surface area contributed by atoms with E-state index in [0.717, 1.165) is 18.4 Å². The van der Waals surface area contributed by atoms with Gasteiger partial charge in [0.15, 0.2) is 0 Å². The van der Waals surface area contributed by atoms with Gasteiger partial charge < -0.3 is 26.2 Å². The first kappa shape index (κ1) is 30.6. The fourth-order valence-corrected chi connectivity index (χ4v) is 5.57. The van der Waals surface area contributed by atoms with Crippen LogP contribution in [0.3, 0.4) is 0 Å². The van der Waals surface area contributed by atoms with Crippen molar-refractivity contribution < 1.29 is 19.2 Å². The smallest absolute Gasteiger partial charge is 0.246 e. The third-order valence-electron chi connectivity index (χ3n) is 8.06. The fourth-order valence-electron chi connectivity index (χ4n) is 5.57. The monoisotopic (exact) mass is 541 g/mol. The van der Waals surface area contributed by atoms with Crippen LogP contribution in [0.1, 0.15) is 71.3 Å². The molecule has 1 unspecified atom stereocenters. The molecule has 1 aromatic rings. The highest BCUT2D eigenvalue weighted by atomic mass is 16.2. The van der Waals surface area contributed by atoms with Gasteiger partial charge in [-0.2, -0.15) is 0 Å². The maximum Gasteiger partial charge on any atom is 0.246 e. The summed E-state index contributed by atoms with van der Waals surface area (Å²) >= 11 is 0. The zero-order chi connectivity index (χ0) is 28.4. The van der Waals surface area contributed by atoms with Crippen molar-refractivity contribution in [2.45, 2.75) is 96.3 Å². The molecule has 1 saturated carbocycles. The van der Waals surface area contributed by atoms with E-state index in [2.05, 4.69) is 21.3 Å². The number of amides is 4. The Morgan fingerprint density at radius 2 is 1.69 bits per heavy atom. The van der Waals surface area contributed by atoms with E-state index in [-0.39, 0.29) is 42.1 Å². The van der Waals surface area contributed by atoms with Crippen molar-refractivity contribution in [3.05, 3.63) is 35.9 Å². The SMILES string of the molecule is CN[C@@H](C)C(=O)N[C@H](C(=O)N1C[C@@H](NC(=O)CC2CCCCC2)CC1C(=O)NCCc1ccccc1)C(C)C. The van der Waals surface area contributed by atoms with E-state index in [4.69, 9.17) is 0 Å². The molecule has 0 radical (unpaired) electrons. The van der Waals surface area contributed by atoms with Crippen LogP contribution in [0, 0.1) is 11.8 Å². The van der Waals surface area contributed by atoms with Gasteiger partial charge in [0.2, 0.25) is 23.6 Å². The molecule has 1 saturated heterocycles. The summed E-state index contributed by atoms with van der Waals surface area (Å²) in [7, 11) is 1.69. The third-order valence-corrected chi connectivity index (χ3v) is 8.06. The average molecular weight is 542 g/mol. The Bertz CT molecular complexity index is 963. The number of hydrogen-bond donors (Lipinski definition) is 4. The lowest BCUT2D eigenvalue weighted by atomic mass is 9.87. The van der Waals surface area contributed by atoms with Gasteiger partial charge in [0, 0.05) is 25.6 Å². The summed E-state index contributed by atoms with van der Waals surface area (Å²) in [6, 6.07) is 7.65. The zero-order valence-corrected chi connectivity index (χ0v) is 24.0. The molecule has 1 aromatic carbocycles. The van der Waals surface area contributed by atoms with Crippen molar-refractivity contribution in [2.75, 3.05) is 20.1 Å². The van der Waals surface area contributed by atoms with Gasteiger partial charge in [0.25, 0.3) is 0 Å². The Morgan fingerprint density at radius 3 is 2.33 bits per heavy atom. The van der Waals surface area contributed by atoms with Crippen LogP contribution in [-0.4, -0.2) is 72.8 Å². The summed E-state index contributed by atoms with van der Waals surface area (Å²) in [4.78, 5) is 54.2. The number of hydrogen-bond acceptors (Lipinski definition) is 5. The Kier molecular flexibility index (Phi) is 11.8. The van der Waals surface area contributed by atoms with E-state index >= 15 is 0 Å². The van der Waals surface area contributed by atoms with Crippen molar-refractivity contribution in [1.82, 2.24) is 26.2 Å². The molecule has 0 spiro atoms. The second-order valence-electron chi connectivity index (χ2n) is 11.5. The summed E-state index contributed by atoms with van der Waals surface area (Å²) in [5.74, 6) is -0.586. The lowest BCUT2D eigenvalue weighted by Crippen LogP contribution is -2.57. The van der Waals surface area contributed by atoms with E-state index in [1.807, 2.05) is 44.2 Å². The number of likely N-dealkylation sites (tertiary alicyclic amines) is 1. The molecule has 216 valence electrons. The quantitative estimate of drug-likeness (QED) is 0.323. The van der Waals surface area contributed by atoms with Crippen LogP contribution in [0.4, 0.5) is 0 Å². The first-order chi connectivity index (χ1) is 18.7. The number of carbonyl (C=O) groups excluding carboxylic acids is 4. The van der Waals surface area contributed by atoms with Crippen LogP contribution in [-0.2, 0) is 25.6 Å². The van der Waals surface area contributed by atoms with Crippen molar-refractivity contribution in [2.24, 2.45) is 11.8 Å². The minimum atomic E-state index is -0.774. The van der Waals surface area contributed by atoms with E-state index < -0.39 is 18.1 Å². The lowest BCUT2D eigenvalue weighted by molar-refractivity contribution is -0.142. The second kappa shape index (κ2) is 15.0. The van der Waals surface area contributed by atoms with Crippen LogP contribution in [0.25, 0.3) is 0 Å². The van der Waals surface area contributed by atoms with Gasteiger partial charge in [-0.05, 0) is 57.1 Å². The molecule has 39 heavy (non-hydrogen) atoms. The van der Waals surface area contributed by atoms with Crippen LogP contribution < -0.4 is 21.3 Å². The third kappa shape index (κ3) is 9.05. The predicted octanol–water partition coefficient (Wildman–Crippen LogP) is 2.15. The molecule has 1 aliphatic carbocycles. The highest BCUT2D eigenvalue weighted by Crippen LogP contribution is 2.27. The van der Waals surface area contributed by atoms with Crippen LogP contribution >= 0.6 is 0 Å². The van der Waals surface area contributed by atoms with Crippen LogP contribution in [0.15, 0.2) is 30.3 Å². The molecule has 2 aliphatic rings. The van der Waals surface area contributed by atoms with E-state index in [1.165, 1.54) is 19.3 Å². The normalized spacial score (nSPS) is 21.3. The van der Waals surface area contributed by atoms with Gasteiger partial charge >= 0.3 is 0 Å². The standard InChI is InChI=1S/C30H47N5O4/c1-20(2)27(34-28(37)21(3)31-4)30(39)35-19-24(33-26(36)17-23-13-9-6-10-14-23)18-25(35)29(38)32-16-15-22-11-7-5-8-12-22/h5,7-8,11-12,20-21,23-25,27,31H,6,9-10,13-19H2,1-4H3,(H,32,38)(H,33,36)(H,34,37)/t21-,24-,25?,27-/m0/s1. The van der Waals surface area contributed by atoms with E-state index in [9.17, 15) is 19.2 Å². The van der Waals surface area contributed by atoms with Gasteiger partial charge in [-0.3, -0.25) is 19.2 Å². The first-order valence-corrected chi connectivity index (χ1v) is 14.6. The highest BCUT2D eigenvalue weighted by Gasteiger charge is 2.43. The molecule has 4 atom stereocenters. The first-order valence-electron chi connectivity index (χ1n) is 14.6. The molecule has 0 aromatic heterocycles. The van der Waals surface area contributed by atoms with Gasteiger partial charge in [-0.15, -0.1) is 0 Å². The summed E-state index contributed by atoms with van der Waals surface area (Å²) in [5, 5.41) is 11.9. The Morgan fingerprint density at radius 1 is 1.00 bits per heavy atom. The summed E-state index contributed by atoms with van der Waals surface area (Å²) < 4.78 is 0. The molecule has 3 rings (SSSR count). The van der Waals surface area contributed by atoms with Crippen LogP contribution in [0.2, 0.25) is 0 Å². The van der Waals surface area contributed by atoms with Gasteiger partial charge in [0.1, 0.15) is 12.1 Å². The molecule has 9 nitrogen and oxygen atoms in total. The molecule has 1 heterocycles. The molecule has 0 bridgehead atoms. The Hall–Kier alpha value is -2.94. The minimum Gasteiger partial charge on any atom is -0.354 e. The number of likely N-dealkylation sites (N-methyl/N-ethyl adjacent to an activating group) is 1. The van der Waals surface area contributed by atoms with Gasteiger partial charge in [0.05, 0.1) is 6.04 Å². The topological polar surface area (TPSA) is 120 Å². The average Bonchev–Trinajstić information content (AvgIpc) is 3.35. The Balaban J connectivity index is 1.69. The number of carbonyl (C=O) groups is 4. The maximum absolute atomic E-state index is 13.8. The molecular formula is C30H47N5O4. The molecule has 2 fully saturated rings. The van der Waals surface area contributed by atoms with Crippen molar-refractivity contribution in [1.29, 1.82) is 0 Å². The summed E-state index contributed by atoms with van der Waals surface area (Å²) in [6.07, 6.45) is 7.26. The molecular weight excluding hydrogens is 494 g/mol. The molecule has 1 aliphatic heterocycles. The summed E-state index contributed by atoms with van der Waals surface area (Å²) in [6.45, 7) is 6.17. The fraction of sp³-hybridized carbons (Fsp3) is 0.667.